The minimum atomic E-state index is 0.0759. The molecule has 0 saturated carbocycles. The van der Waals surface area contributed by atoms with E-state index in [-0.39, 0.29) is 37.0 Å². The van der Waals surface area contributed by atoms with Crippen LogP contribution in [0.2, 0.25) is 0 Å². The summed E-state index contributed by atoms with van der Waals surface area (Å²) in [7, 11) is 0. The molecule has 14 rings (SSSR count). The van der Waals surface area contributed by atoms with E-state index in [0.29, 0.717) is 99.4 Å². The molecule has 0 radical (unpaired) electrons. The van der Waals surface area contributed by atoms with Crippen LogP contribution < -0.4 is 42.2 Å². The highest BCUT2D eigenvalue weighted by atomic mass is 16.5. The molecule has 2 atom stereocenters. The Morgan fingerprint density at radius 3 is 1.47 bits per heavy atom. The predicted octanol–water partition coefficient (Wildman–Crippen LogP) is 5.00. The van der Waals surface area contributed by atoms with E-state index in [1.165, 1.54) is 0 Å². The number of nitrogens with zero attached hydrogens (tertiary/aromatic N) is 12. The minimum Gasteiger partial charge on any atom is -0.474 e. The Bertz CT molecular complexity index is 3430. The molecular formula is C54H58N18O6. The Hall–Kier alpha value is -8.90. The molecule has 8 aromatic heterocycles. The van der Waals surface area contributed by atoms with Crippen LogP contribution in [0.3, 0.4) is 0 Å². The summed E-state index contributed by atoms with van der Waals surface area (Å²) in [6.07, 6.45) is 10.2. The van der Waals surface area contributed by atoms with E-state index < -0.39 is 0 Å². The number of amides is 2. The molecule has 2 unspecified atom stereocenters. The lowest BCUT2D eigenvalue weighted by atomic mass is 10.0. The molecule has 24 heteroatoms. The van der Waals surface area contributed by atoms with Crippen molar-refractivity contribution in [2.24, 2.45) is 0 Å². The number of pyridine rings is 6. The van der Waals surface area contributed by atoms with Gasteiger partial charge in [0.1, 0.15) is 60.9 Å². The highest BCUT2D eigenvalue weighted by Crippen LogP contribution is 2.39. The Morgan fingerprint density at radius 2 is 1.04 bits per heavy atom. The largest absolute Gasteiger partial charge is 0.474 e. The topological polar surface area (TPSA) is 291 Å². The average Bonchev–Trinajstić information content (AvgIpc) is 4.35. The number of carbonyl (C=O) groups is 2. The number of fused-ring (bicyclic) bond motifs is 6. The zero-order valence-corrected chi connectivity index (χ0v) is 43.2. The first-order chi connectivity index (χ1) is 38.1. The van der Waals surface area contributed by atoms with Crippen molar-refractivity contribution in [2.45, 2.75) is 64.7 Å². The standard InChI is InChI=1S/2C27H29N9O3/c2*1-15-19(11-31-27-25(15)29-4-7-39-27)21-8-16-9-22(30-12-20(16)26(28)32-21)33-23-10-17-2-5-35(18-3-6-38-14-18)24(37)13-36(17)34-23/h2*8-12,18,29H,2-7,13-14H2,1H3,(H2,28,32)(H,30,33,34). The van der Waals surface area contributed by atoms with Gasteiger partial charge in [-0.05, 0) is 72.9 Å². The number of hydrogen-bond donors (Lipinski definition) is 6. The first kappa shape index (κ1) is 48.7. The molecule has 2 fully saturated rings. The number of hydrogen-bond acceptors (Lipinski definition) is 20. The monoisotopic (exact) mass is 1050 g/mol. The van der Waals surface area contributed by atoms with Crippen molar-refractivity contribution in [2.75, 3.05) is 98.6 Å². The van der Waals surface area contributed by atoms with E-state index in [1.807, 2.05) is 60.0 Å². The maximum atomic E-state index is 12.9. The molecule has 0 aromatic carbocycles. The van der Waals surface area contributed by atoms with Crippen LogP contribution in [0, 0.1) is 13.8 Å². The highest BCUT2D eigenvalue weighted by molar-refractivity contribution is 5.96. The van der Waals surface area contributed by atoms with Crippen LogP contribution in [-0.2, 0) is 45.0 Å². The van der Waals surface area contributed by atoms with Crippen molar-refractivity contribution >= 4 is 79.6 Å². The maximum absolute atomic E-state index is 12.9. The molecular weight excluding hydrogens is 997 g/mol. The van der Waals surface area contributed by atoms with Gasteiger partial charge in [0.2, 0.25) is 23.6 Å². The first-order valence-corrected chi connectivity index (χ1v) is 26.3. The molecule has 0 aliphatic carbocycles. The number of nitrogen functional groups attached to an aromatic ring is 2. The number of rotatable bonds is 8. The number of ether oxygens (including phenoxy) is 4. The van der Waals surface area contributed by atoms with Crippen LogP contribution in [0.25, 0.3) is 44.1 Å². The molecule has 24 nitrogen and oxygen atoms in total. The van der Waals surface area contributed by atoms with Gasteiger partial charge in [-0.2, -0.15) is 10.2 Å². The third-order valence-electron chi connectivity index (χ3n) is 15.3. The van der Waals surface area contributed by atoms with Gasteiger partial charge in [0.05, 0.1) is 36.7 Å². The van der Waals surface area contributed by atoms with Gasteiger partial charge in [0.15, 0.2) is 11.6 Å². The first-order valence-electron chi connectivity index (χ1n) is 26.3. The molecule has 0 spiro atoms. The van der Waals surface area contributed by atoms with Gasteiger partial charge in [-0.1, -0.05) is 0 Å². The van der Waals surface area contributed by atoms with Crippen molar-refractivity contribution < 1.29 is 28.5 Å². The molecule has 14 heterocycles. The Labute approximate surface area is 447 Å². The van der Waals surface area contributed by atoms with Gasteiger partial charge in [-0.15, -0.1) is 0 Å². The number of nitrogens with two attached hydrogens (primary N) is 2. The second-order valence-corrected chi connectivity index (χ2v) is 20.2. The molecule has 78 heavy (non-hydrogen) atoms. The summed E-state index contributed by atoms with van der Waals surface area (Å²) in [6, 6.07) is 12.1. The number of anilines is 8. The third-order valence-corrected chi connectivity index (χ3v) is 15.3. The molecule has 8 aromatic rings. The molecule has 6 aliphatic heterocycles. The van der Waals surface area contributed by atoms with Crippen molar-refractivity contribution in [3.05, 3.63) is 83.7 Å². The van der Waals surface area contributed by atoms with Crippen molar-refractivity contribution in [1.82, 2.24) is 59.3 Å². The summed E-state index contributed by atoms with van der Waals surface area (Å²) < 4.78 is 25.9. The van der Waals surface area contributed by atoms with E-state index in [0.717, 1.165) is 117 Å². The van der Waals surface area contributed by atoms with E-state index in [4.69, 9.17) is 30.4 Å². The van der Waals surface area contributed by atoms with Crippen LogP contribution >= 0.6 is 0 Å². The van der Waals surface area contributed by atoms with Crippen LogP contribution in [0.5, 0.6) is 11.8 Å². The van der Waals surface area contributed by atoms with Crippen molar-refractivity contribution in [1.29, 1.82) is 0 Å². The third kappa shape index (κ3) is 9.35. The number of nitrogens with one attached hydrogen (secondary N) is 4. The average molecular weight is 1060 g/mol. The van der Waals surface area contributed by atoms with Crippen LogP contribution in [0.15, 0.2) is 61.2 Å². The second-order valence-electron chi connectivity index (χ2n) is 20.2. The quantitative estimate of drug-likeness (QED) is 0.117. The van der Waals surface area contributed by atoms with Gasteiger partial charge >= 0.3 is 0 Å². The van der Waals surface area contributed by atoms with Gasteiger partial charge < -0.3 is 61.5 Å². The van der Waals surface area contributed by atoms with Gasteiger partial charge in [-0.3, -0.25) is 19.0 Å². The molecule has 8 N–H and O–H groups in total. The molecule has 6 aliphatic rings. The predicted molar refractivity (Wildman–Crippen MR) is 292 cm³/mol. The zero-order valence-electron chi connectivity index (χ0n) is 43.2. The smallest absolute Gasteiger partial charge is 0.244 e. The summed E-state index contributed by atoms with van der Waals surface area (Å²) in [4.78, 5) is 57.0. The van der Waals surface area contributed by atoms with Crippen LogP contribution in [0.4, 0.5) is 46.3 Å². The summed E-state index contributed by atoms with van der Waals surface area (Å²) >= 11 is 0. The summed E-state index contributed by atoms with van der Waals surface area (Å²) in [5.74, 6) is 4.69. The fourth-order valence-electron chi connectivity index (χ4n) is 11.2. The van der Waals surface area contributed by atoms with E-state index in [9.17, 15) is 9.59 Å². The summed E-state index contributed by atoms with van der Waals surface area (Å²) in [5.41, 5.74) is 21.7. The van der Waals surface area contributed by atoms with Crippen molar-refractivity contribution in [3.8, 4) is 34.3 Å². The van der Waals surface area contributed by atoms with Crippen molar-refractivity contribution in [3.63, 3.8) is 0 Å². The highest BCUT2D eigenvalue weighted by Gasteiger charge is 2.32. The number of aromatic nitrogens is 10. The number of carbonyl (C=O) groups excluding carboxylic acids is 2. The van der Waals surface area contributed by atoms with Gasteiger partial charge in [0, 0.05) is 122 Å². The van der Waals surface area contributed by atoms with Gasteiger partial charge in [0.25, 0.3) is 0 Å². The normalized spacial score (nSPS) is 18.7. The van der Waals surface area contributed by atoms with E-state index >= 15 is 0 Å². The minimum absolute atomic E-state index is 0.0759. The van der Waals surface area contributed by atoms with Gasteiger partial charge in [-0.25, -0.2) is 29.9 Å². The molecule has 2 saturated heterocycles. The molecule has 0 bridgehead atoms. The maximum Gasteiger partial charge on any atom is 0.244 e. The van der Waals surface area contributed by atoms with E-state index in [1.54, 1.807) is 34.2 Å². The Morgan fingerprint density at radius 1 is 0.577 bits per heavy atom. The second kappa shape index (κ2) is 20.2. The molecule has 2 amide bonds. The zero-order chi connectivity index (χ0) is 53.0. The fourth-order valence-corrected chi connectivity index (χ4v) is 11.2. The summed E-state index contributed by atoms with van der Waals surface area (Å²) in [6.45, 7) is 11.1. The Kier molecular flexibility index (Phi) is 12.6. The Balaban J connectivity index is 0.000000148. The van der Waals surface area contributed by atoms with E-state index in [2.05, 4.69) is 61.4 Å². The lowest BCUT2D eigenvalue weighted by Crippen LogP contribution is -2.42. The van der Waals surface area contributed by atoms with Crippen LogP contribution in [-0.4, -0.2) is 149 Å². The fraction of sp³-hybridized carbons (Fsp3) is 0.370. The van der Waals surface area contributed by atoms with Crippen LogP contribution in [0.1, 0.15) is 35.4 Å². The summed E-state index contributed by atoms with van der Waals surface area (Å²) in [5, 5.41) is 25.9. The SMILES string of the molecule is Cc1c(-c2cc3cc(Nc4cc5n(n4)CC(=O)N(C4CCOC4)CC5)ncc3c(N)n2)cnc2c1NCCO2.Cc1c(-c2cc3cc(Nc4cc5n(n4)CC(=O)N(C4CCOC4)CC5)ncc3c(N)n2)cnc2c1NCCO2. The lowest BCUT2D eigenvalue weighted by Gasteiger charge is -2.26. The molecule has 400 valence electrons. The lowest BCUT2D eigenvalue weighted by molar-refractivity contribution is -0.134.